The molecule has 2 heterocycles. The first-order valence-corrected chi connectivity index (χ1v) is 8.50. The molecule has 1 fully saturated rings. The zero-order chi connectivity index (χ0) is 17.6. The summed E-state index contributed by atoms with van der Waals surface area (Å²) in [7, 11) is 0. The zero-order valence-corrected chi connectivity index (χ0v) is 13.8. The fourth-order valence-electron chi connectivity index (χ4n) is 3.70. The molecule has 2 atom stereocenters. The Bertz CT molecular complexity index is 916. The molecule has 4 nitrogen and oxygen atoms in total. The van der Waals surface area contributed by atoms with Gasteiger partial charge < -0.3 is 5.32 Å². The lowest BCUT2D eigenvalue weighted by Crippen LogP contribution is -2.34. The maximum Gasteiger partial charge on any atom is 0.391 e. The number of alkyl halides is 3. The van der Waals surface area contributed by atoms with Crippen LogP contribution < -0.4 is 5.32 Å². The maximum absolute atomic E-state index is 13.1. The van der Waals surface area contributed by atoms with Gasteiger partial charge >= 0.3 is 6.18 Å². The van der Waals surface area contributed by atoms with E-state index in [-0.39, 0.29) is 18.9 Å². The maximum atomic E-state index is 13.1. The Morgan fingerprint density at radius 1 is 1.20 bits per heavy atom. The topological polar surface area (TPSA) is 42.2 Å². The van der Waals surface area contributed by atoms with Crippen LogP contribution >= 0.6 is 0 Å². The van der Waals surface area contributed by atoms with Crippen LogP contribution in [0.5, 0.6) is 0 Å². The predicted molar refractivity (Wildman–Crippen MR) is 90.7 cm³/mol. The largest absolute Gasteiger partial charge is 0.391 e. The standard InChI is InChI=1S/C18H19F3N4/c1-11-9-16-23-17(14-7-2-3-8-15(14)25(16)24-11)22-13-6-4-5-12(10-13)18(19,20)21/h2-3,7-9,12-13H,4-6,10H2,1H3,(H,22,23)/t12-,13-/m1/s1. The van der Waals surface area contributed by atoms with Crippen LogP contribution in [0.25, 0.3) is 16.6 Å². The number of nitrogens with zero attached hydrogens (tertiary/aromatic N) is 3. The number of nitrogens with one attached hydrogen (secondary N) is 1. The van der Waals surface area contributed by atoms with Gasteiger partial charge in [0.1, 0.15) is 5.82 Å². The summed E-state index contributed by atoms with van der Waals surface area (Å²) in [5.41, 5.74) is 2.44. The number of aryl methyl sites for hydroxylation is 1. The average Bonchev–Trinajstić information content (AvgIpc) is 2.95. The Balaban J connectivity index is 1.71. The molecular weight excluding hydrogens is 329 g/mol. The Kier molecular flexibility index (Phi) is 3.81. The number of hydrogen-bond donors (Lipinski definition) is 1. The van der Waals surface area contributed by atoms with Crippen LogP contribution in [-0.2, 0) is 0 Å². The third-order valence-corrected chi connectivity index (χ3v) is 4.90. The van der Waals surface area contributed by atoms with Crippen LogP contribution in [0.3, 0.4) is 0 Å². The summed E-state index contributed by atoms with van der Waals surface area (Å²) in [6.07, 6.45) is -2.50. The molecule has 0 aliphatic heterocycles. The van der Waals surface area contributed by atoms with E-state index in [0.717, 1.165) is 23.0 Å². The van der Waals surface area contributed by atoms with Gasteiger partial charge in [0.15, 0.2) is 5.65 Å². The first-order chi connectivity index (χ1) is 11.9. The van der Waals surface area contributed by atoms with E-state index in [9.17, 15) is 13.2 Å². The predicted octanol–water partition coefficient (Wildman–Crippen LogP) is 4.72. The summed E-state index contributed by atoms with van der Waals surface area (Å²) in [4.78, 5) is 4.61. The number of para-hydroxylation sites is 1. The molecule has 0 unspecified atom stereocenters. The minimum atomic E-state index is -4.12. The summed E-state index contributed by atoms with van der Waals surface area (Å²) >= 11 is 0. The van der Waals surface area contributed by atoms with Gasteiger partial charge in [-0.15, -0.1) is 0 Å². The van der Waals surface area contributed by atoms with E-state index in [0.29, 0.717) is 17.9 Å². The molecule has 7 heteroatoms. The fourth-order valence-corrected chi connectivity index (χ4v) is 3.70. The monoisotopic (exact) mass is 348 g/mol. The summed E-state index contributed by atoms with van der Waals surface area (Å²) in [5, 5.41) is 8.59. The molecule has 1 N–H and O–H groups in total. The molecule has 1 aromatic carbocycles. The summed E-state index contributed by atoms with van der Waals surface area (Å²) in [6.45, 7) is 1.89. The second kappa shape index (κ2) is 5.89. The van der Waals surface area contributed by atoms with Crippen molar-refractivity contribution < 1.29 is 13.2 Å². The Labute approximate surface area is 143 Å². The number of anilines is 1. The van der Waals surface area contributed by atoms with E-state index in [2.05, 4.69) is 15.4 Å². The Morgan fingerprint density at radius 2 is 2.00 bits per heavy atom. The molecular formula is C18H19F3N4. The third kappa shape index (κ3) is 3.03. The van der Waals surface area contributed by atoms with Gasteiger partial charge in [-0.25, -0.2) is 9.50 Å². The van der Waals surface area contributed by atoms with E-state index in [1.165, 1.54) is 0 Å². The summed E-state index contributed by atoms with van der Waals surface area (Å²) in [6, 6.07) is 9.34. The van der Waals surface area contributed by atoms with E-state index in [1.54, 1.807) is 4.52 Å². The van der Waals surface area contributed by atoms with Crippen LogP contribution in [0, 0.1) is 12.8 Å². The molecule has 25 heavy (non-hydrogen) atoms. The highest BCUT2D eigenvalue weighted by atomic mass is 19.4. The molecule has 2 aromatic heterocycles. The highest BCUT2D eigenvalue weighted by Gasteiger charge is 2.42. The van der Waals surface area contributed by atoms with Crippen molar-refractivity contribution in [1.29, 1.82) is 0 Å². The van der Waals surface area contributed by atoms with Crippen molar-refractivity contribution in [2.75, 3.05) is 5.32 Å². The number of fused-ring (bicyclic) bond motifs is 3. The molecule has 0 saturated heterocycles. The first kappa shape index (κ1) is 16.2. The summed E-state index contributed by atoms with van der Waals surface area (Å²) < 4.78 is 41.0. The number of hydrogen-bond acceptors (Lipinski definition) is 3. The molecule has 132 valence electrons. The third-order valence-electron chi connectivity index (χ3n) is 4.90. The van der Waals surface area contributed by atoms with Gasteiger partial charge in [-0.3, -0.25) is 0 Å². The van der Waals surface area contributed by atoms with Crippen LogP contribution in [0.2, 0.25) is 0 Å². The number of rotatable bonds is 2. The van der Waals surface area contributed by atoms with Gasteiger partial charge in [0.25, 0.3) is 0 Å². The molecule has 0 radical (unpaired) electrons. The normalized spacial score (nSPS) is 21.8. The van der Waals surface area contributed by atoms with Crippen LogP contribution in [-0.4, -0.2) is 26.8 Å². The van der Waals surface area contributed by atoms with Crippen LogP contribution in [0.15, 0.2) is 30.3 Å². The molecule has 4 rings (SSSR count). The van der Waals surface area contributed by atoms with E-state index >= 15 is 0 Å². The van der Waals surface area contributed by atoms with Crippen LogP contribution in [0.4, 0.5) is 19.0 Å². The molecule has 0 spiro atoms. The minimum Gasteiger partial charge on any atom is -0.367 e. The smallest absolute Gasteiger partial charge is 0.367 e. The van der Waals surface area contributed by atoms with E-state index in [1.807, 2.05) is 37.3 Å². The minimum absolute atomic E-state index is 0.100. The summed E-state index contributed by atoms with van der Waals surface area (Å²) in [5.74, 6) is -0.596. The van der Waals surface area contributed by atoms with E-state index in [4.69, 9.17) is 0 Å². The second-order valence-corrected chi connectivity index (χ2v) is 6.78. The lowest BCUT2D eigenvalue weighted by atomic mass is 9.85. The van der Waals surface area contributed by atoms with Crippen molar-refractivity contribution >= 4 is 22.4 Å². The van der Waals surface area contributed by atoms with Crippen molar-refractivity contribution in [1.82, 2.24) is 14.6 Å². The highest BCUT2D eigenvalue weighted by Crippen LogP contribution is 2.38. The molecule has 1 aliphatic rings. The van der Waals surface area contributed by atoms with Gasteiger partial charge in [-0.2, -0.15) is 18.3 Å². The average molecular weight is 348 g/mol. The first-order valence-electron chi connectivity index (χ1n) is 8.50. The van der Waals surface area contributed by atoms with Gasteiger partial charge in [0, 0.05) is 17.5 Å². The zero-order valence-electron chi connectivity index (χ0n) is 13.8. The quantitative estimate of drug-likeness (QED) is 0.728. The lowest BCUT2D eigenvalue weighted by Gasteiger charge is -2.31. The lowest BCUT2D eigenvalue weighted by molar-refractivity contribution is -0.182. The molecule has 1 saturated carbocycles. The molecule has 0 bridgehead atoms. The number of aromatic nitrogens is 3. The van der Waals surface area contributed by atoms with Crippen molar-refractivity contribution in [3.63, 3.8) is 0 Å². The Hall–Kier alpha value is -2.31. The highest BCUT2D eigenvalue weighted by molar-refractivity contribution is 5.91. The van der Waals surface area contributed by atoms with Gasteiger partial charge in [0.2, 0.25) is 0 Å². The molecule has 0 amide bonds. The SMILES string of the molecule is Cc1cc2nc(N[C@@H]3CCC[C@@H](C(F)(F)F)C3)c3ccccc3n2n1. The fraction of sp³-hybridized carbons (Fsp3) is 0.444. The second-order valence-electron chi connectivity index (χ2n) is 6.78. The Morgan fingerprint density at radius 3 is 2.80 bits per heavy atom. The van der Waals surface area contributed by atoms with Crippen molar-refractivity contribution in [3.05, 3.63) is 36.0 Å². The van der Waals surface area contributed by atoms with Crippen LogP contribution in [0.1, 0.15) is 31.4 Å². The van der Waals surface area contributed by atoms with Crippen molar-refractivity contribution in [2.24, 2.45) is 5.92 Å². The number of halogens is 3. The van der Waals surface area contributed by atoms with Gasteiger partial charge in [-0.05, 0) is 38.3 Å². The van der Waals surface area contributed by atoms with E-state index < -0.39 is 12.1 Å². The molecule has 1 aliphatic carbocycles. The number of benzene rings is 1. The van der Waals surface area contributed by atoms with Crippen molar-refractivity contribution in [2.45, 2.75) is 44.8 Å². The molecule has 3 aromatic rings. The van der Waals surface area contributed by atoms with Gasteiger partial charge in [-0.1, -0.05) is 18.6 Å². The van der Waals surface area contributed by atoms with Gasteiger partial charge in [0.05, 0.1) is 17.1 Å². The van der Waals surface area contributed by atoms with Crippen molar-refractivity contribution in [3.8, 4) is 0 Å².